The van der Waals surface area contributed by atoms with Gasteiger partial charge in [0.2, 0.25) is 0 Å². The maximum absolute atomic E-state index is 12.8. The van der Waals surface area contributed by atoms with E-state index in [2.05, 4.69) is 0 Å². The Bertz CT molecular complexity index is 1340. The van der Waals surface area contributed by atoms with E-state index in [1.807, 2.05) is 91.0 Å². The van der Waals surface area contributed by atoms with Gasteiger partial charge in [-0.05, 0) is 29.7 Å². The van der Waals surface area contributed by atoms with Crippen molar-refractivity contribution in [3.05, 3.63) is 129 Å². The Balaban J connectivity index is 1.88. The van der Waals surface area contributed by atoms with Crippen LogP contribution in [0.1, 0.15) is 43.8 Å². The molecule has 5 rings (SSSR count). The van der Waals surface area contributed by atoms with Crippen molar-refractivity contribution in [1.82, 2.24) is 4.57 Å². The lowest BCUT2D eigenvalue weighted by Crippen LogP contribution is -2.32. The zero-order chi connectivity index (χ0) is 23.5. The Morgan fingerprint density at radius 3 is 1.82 bits per heavy atom. The fourth-order valence-corrected chi connectivity index (χ4v) is 5.32. The normalized spacial score (nSPS) is 13.2. The number of carbonyl (C=O) groups is 2. The molecule has 0 bridgehead atoms. The summed E-state index contributed by atoms with van der Waals surface area (Å²) >= 11 is 1.17. The number of nitrogens with zero attached hydrogens (tertiary/aromatic N) is 2. The third-order valence-electron chi connectivity index (χ3n) is 5.76. The number of ether oxygens (including phenoxy) is 1. The van der Waals surface area contributed by atoms with Gasteiger partial charge in [-0.25, -0.2) is 9.79 Å². The van der Waals surface area contributed by atoms with Crippen LogP contribution in [0.4, 0.5) is 0 Å². The number of allylic oxidation sites excluding steroid dienone is 1. The number of carbonyl (C=O) groups excluding carboxylic acids is 2. The van der Waals surface area contributed by atoms with Crippen LogP contribution in [0.3, 0.4) is 0 Å². The summed E-state index contributed by atoms with van der Waals surface area (Å²) in [5, 5.41) is 0. The number of esters is 1. The molecule has 0 radical (unpaired) electrons. The SMILES string of the molecule is CCOC(=O)c1sc(=NC(c2ccccc2)(c2ccccc2)c2ccccc2)n2c1C=CC2=O. The van der Waals surface area contributed by atoms with Crippen LogP contribution in [0.25, 0.3) is 6.08 Å². The number of hydrogen-bond acceptors (Lipinski definition) is 5. The predicted molar refractivity (Wildman–Crippen MR) is 133 cm³/mol. The van der Waals surface area contributed by atoms with E-state index in [-0.39, 0.29) is 12.5 Å². The Morgan fingerprint density at radius 2 is 1.35 bits per heavy atom. The molecule has 6 heteroatoms. The van der Waals surface area contributed by atoms with Gasteiger partial charge in [0.1, 0.15) is 10.4 Å². The highest BCUT2D eigenvalue weighted by Gasteiger charge is 2.37. The average molecular weight is 467 g/mol. The molecule has 168 valence electrons. The van der Waals surface area contributed by atoms with Crippen LogP contribution in [0.5, 0.6) is 0 Å². The Hall–Kier alpha value is -4.03. The maximum atomic E-state index is 12.8. The lowest BCUT2D eigenvalue weighted by molar-refractivity contribution is 0.0531. The third kappa shape index (κ3) is 3.62. The van der Waals surface area contributed by atoms with Crippen LogP contribution in [0.2, 0.25) is 0 Å². The molecule has 4 aromatic rings. The maximum Gasteiger partial charge on any atom is 0.350 e. The van der Waals surface area contributed by atoms with Crippen molar-refractivity contribution in [2.24, 2.45) is 4.99 Å². The van der Waals surface area contributed by atoms with E-state index in [1.54, 1.807) is 13.0 Å². The van der Waals surface area contributed by atoms with E-state index in [0.717, 1.165) is 16.7 Å². The van der Waals surface area contributed by atoms with Gasteiger partial charge in [0.25, 0.3) is 5.91 Å². The number of fused-ring (bicyclic) bond motifs is 1. The van der Waals surface area contributed by atoms with Crippen molar-refractivity contribution in [3.63, 3.8) is 0 Å². The number of benzene rings is 3. The number of thiazole rings is 1. The van der Waals surface area contributed by atoms with Gasteiger partial charge in [0.15, 0.2) is 4.80 Å². The number of aromatic nitrogens is 1. The van der Waals surface area contributed by atoms with E-state index in [4.69, 9.17) is 9.73 Å². The van der Waals surface area contributed by atoms with Gasteiger partial charge >= 0.3 is 5.97 Å². The Kier molecular flexibility index (Phi) is 5.82. The second kappa shape index (κ2) is 9.08. The number of hydrogen-bond donors (Lipinski definition) is 0. The summed E-state index contributed by atoms with van der Waals surface area (Å²) in [6, 6.07) is 30.0. The minimum atomic E-state index is -0.940. The quantitative estimate of drug-likeness (QED) is 0.287. The molecular weight excluding hydrogens is 444 g/mol. The van der Waals surface area contributed by atoms with E-state index in [0.29, 0.717) is 15.4 Å². The van der Waals surface area contributed by atoms with Crippen molar-refractivity contribution in [3.8, 4) is 0 Å². The first-order valence-electron chi connectivity index (χ1n) is 11.0. The van der Waals surface area contributed by atoms with Crippen LogP contribution in [-0.4, -0.2) is 23.1 Å². The lowest BCUT2D eigenvalue weighted by Gasteiger charge is -2.31. The lowest BCUT2D eigenvalue weighted by atomic mass is 9.77. The summed E-state index contributed by atoms with van der Waals surface area (Å²) in [5.41, 5.74) is 2.42. The minimum Gasteiger partial charge on any atom is -0.462 e. The van der Waals surface area contributed by atoms with Gasteiger partial charge in [-0.15, -0.1) is 0 Å². The van der Waals surface area contributed by atoms with Crippen LogP contribution in [0, 0.1) is 0 Å². The molecule has 0 saturated heterocycles. The summed E-state index contributed by atoms with van der Waals surface area (Å²) < 4.78 is 6.76. The molecular formula is C28H22N2O3S. The second-order valence-corrected chi connectivity index (χ2v) is 8.72. The predicted octanol–water partition coefficient (Wildman–Crippen LogP) is 5.29. The zero-order valence-electron chi connectivity index (χ0n) is 18.5. The molecule has 0 fully saturated rings. The highest BCUT2D eigenvalue weighted by atomic mass is 32.1. The molecule has 0 aliphatic carbocycles. The molecule has 1 aliphatic heterocycles. The highest BCUT2D eigenvalue weighted by molar-refractivity contribution is 7.11. The van der Waals surface area contributed by atoms with E-state index in [9.17, 15) is 9.59 Å². The molecule has 0 amide bonds. The first-order chi connectivity index (χ1) is 16.6. The topological polar surface area (TPSA) is 60.7 Å². The van der Waals surface area contributed by atoms with Gasteiger partial charge < -0.3 is 4.74 Å². The van der Waals surface area contributed by atoms with E-state index < -0.39 is 11.5 Å². The Labute approximate surface area is 201 Å². The summed E-state index contributed by atoms with van der Waals surface area (Å²) in [7, 11) is 0. The molecule has 3 aromatic carbocycles. The van der Waals surface area contributed by atoms with Crippen LogP contribution >= 0.6 is 11.3 Å². The average Bonchev–Trinajstić information content (AvgIpc) is 3.45. The highest BCUT2D eigenvalue weighted by Crippen LogP contribution is 2.40. The summed E-state index contributed by atoms with van der Waals surface area (Å²) in [4.78, 5) is 31.6. The molecule has 0 N–H and O–H groups in total. The molecule has 1 aliphatic rings. The second-order valence-electron chi connectivity index (χ2n) is 7.75. The summed E-state index contributed by atoms with van der Waals surface area (Å²) in [6.45, 7) is 2.01. The van der Waals surface area contributed by atoms with Gasteiger partial charge in [-0.1, -0.05) is 102 Å². The van der Waals surface area contributed by atoms with Crippen LogP contribution in [-0.2, 0) is 10.3 Å². The molecule has 5 nitrogen and oxygen atoms in total. The summed E-state index contributed by atoms with van der Waals surface area (Å²) in [6.07, 6.45) is 3.11. The monoisotopic (exact) mass is 466 g/mol. The smallest absolute Gasteiger partial charge is 0.350 e. The first kappa shape index (κ1) is 21.8. The first-order valence-corrected chi connectivity index (χ1v) is 11.8. The molecule has 0 saturated carbocycles. The van der Waals surface area contributed by atoms with Gasteiger partial charge in [0.05, 0.1) is 12.3 Å². The van der Waals surface area contributed by atoms with Gasteiger partial charge in [-0.3, -0.25) is 9.36 Å². The molecule has 1 aromatic heterocycles. The van der Waals surface area contributed by atoms with Crippen molar-refractivity contribution in [2.45, 2.75) is 12.5 Å². The van der Waals surface area contributed by atoms with Gasteiger partial charge in [0, 0.05) is 6.08 Å². The van der Waals surface area contributed by atoms with E-state index >= 15 is 0 Å². The number of rotatable bonds is 6. The third-order valence-corrected chi connectivity index (χ3v) is 6.80. The molecule has 2 heterocycles. The van der Waals surface area contributed by atoms with Crippen LogP contribution < -0.4 is 4.80 Å². The summed E-state index contributed by atoms with van der Waals surface area (Å²) in [5.74, 6) is -0.689. The van der Waals surface area contributed by atoms with Crippen LogP contribution in [0.15, 0.2) is 102 Å². The fraction of sp³-hybridized carbons (Fsp3) is 0.107. The van der Waals surface area contributed by atoms with Crippen molar-refractivity contribution in [1.29, 1.82) is 0 Å². The molecule has 0 atom stereocenters. The van der Waals surface area contributed by atoms with Crippen molar-refractivity contribution < 1.29 is 14.3 Å². The Morgan fingerprint density at radius 1 is 0.853 bits per heavy atom. The van der Waals surface area contributed by atoms with Crippen molar-refractivity contribution in [2.75, 3.05) is 6.61 Å². The zero-order valence-corrected chi connectivity index (χ0v) is 19.4. The minimum absolute atomic E-state index is 0.233. The van der Waals surface area contributed by atoms with Gasteiger partial charge in [-0.2, -0.15) is 0 Å². The van der Waals surface area contributed by atoms with Crippen molar-refractivity contribution >= 4 is 29.3 Å². The molecule has 0 unspecified atom stereocenters. The van der Waals surface area contributed by atoms with E-state index in [1.165, 1.54) is 22.0 Å². The largest absolute Gasteiger partial charge is 0.462 e. The fourth-order valence-electron chi connectivity index (χ4n) is 4.27. The molecule has 0 spiro atoms. The molecule has 34 heavy (non-hydrogen) atoms. The standard InChI is InChI=1S/C28H22N2O3S/c1-2-33-26(32)25-23-18-19-24(31)30(23)27(34-25)29-28(20-12-6-3-7-13-20,21-14-8-4-9-15-21)22-16-10-5-11-17-22/h3-19H,2H2,1H3.